The average Bonchev–Trinajstić information content (AvgIpc) is 3.36. The molecule has 2 aromatic heterocycles. The molecule has 4 heterocycles. The number of rotatable bonds is 5. The quantitative estimate of drug-likeness (QED) is 0.451. The Hall–Kier alpha value is -3.22. The number of aryl methyl sites for hydroxylation is 1. The van der Waals surface area contributed by atoms with Gasteiger partial charge in [0.25, 0.3) is 5.56 Å². The van der Waals surface area contributed by atoms with Crippen LogP contribution in [0.1, 0.15) is 6.92 Å². The summed E-state index contributed by atoms with van der Waals surface area (Å²) in [6.07, 6.45) is -3.00. The van der Waals surface area contributed by atoms with Gasteiger partial charge >= 0.3 is 12.1 Å². The molecule has 0 spiro atoms. The van der Waals surface area contributed by atoms with Crippen molar-refractivity contribution in [3.63, 3.8) is 0 Å². The highest BCUT2D eigenvalue weighted by Crippen LogP contribution is 2.39. The Morgan fingerprint density at radius 3 is 2.60 bits per heavy atom. The van der Waals surface area contributed by atoms with Crippen molar-refractivity contribution < 1.29 is 22.8 Å². The highest BCUT2D eigenvalue weighted by molar-refractivity contribution is 7.99. The minimum atomic E-state index is -5.24. The number of aromatic nitrogens is 4. The van der Waals surface area contributed by atoms with Crippen LogP contribution in [-0.2, 0) is 23.7 Å². The monoisotopic (exact) mass is 512 g/mol. The van der Waals surface area contributed by atoms with Gasteiger partial charge in [-0.2, -0.15) is 13.2 Å². The minimum absolute atomic E-state index is 0.00190. The molecule has 11 nitrogen and oxygen atoms in total. The Morgan fingerprint density at radius 1 is 1.29 bits per heavy atom. The molecule has 4 rings (SSSR count). The summed E-state index contributed by atoms with van der Waals surface area (Å²) in [6, 6.07) is 0. The summed E-state index contributed by atoms with van der Waals surface area (Å²) in [6.45, 7) is 3.62. The fourth-order valence-corrected chi connectivity index (χ4v) is 4.59. The maximum Gasteiger partial charge on any atom is 0.493 e. The number of hydroxylamine groups is 1. The van der Waals surface area contributed by atoms with E-state index in [2.05, 4.69) is 27.1 Å². The van der Waals surface area contributed by atoms with E-state index in [1.165, 1.54) is 16.5 Å². The molecule has 2 aliphatic rings. The number of hydrogen-bond acceptors (Lipinski definition) is 10. The lowest BCUT2D eigenvalue weighted by molar-refractivity contribution is -0.203. The first-order valence-corrected chi connectivity index (χ1v) is 11.4. The maximum absolute atomic E-state index is 13.5. The molecule has 1 N–H and O–H groups in total. The van der Waals surface area contributed by atoms with E-state index in [4.69, 9.17) is 4.84 Å². The molecule has 0 bridgehead atoms. The average molecular weight is 513 g/mol. The topological polar surface area (TPSA) is 101 Å². The molecule has 15 heteroatoms. The molecule has 0 aliphatic carbocycles. The second-order valence-corrected chi connectivity index (χ2v) is 8.68. The van der Waals surface area contributed by atoms with Crippen LogP contribution in [0.2, 0.25) is 0 Å². The Kier molecular flexibility index (Phi) is 6.97. The molecule has 0 amide bonds. The van der Waals surface area contributed by atoms with Crippen LogP contribution >= 0.6 is 11.8 Å². The minimum Gasteiger partial charge on any atom is -0.329 e. The highest BCUT2D eigenvalue weighted by Gasteiger charge is 2.50. The van der Waals surface area contributed by atoms with Crippen molar-refractivity contribution in [2.75, 3.05) is 42.7 Å². The largest absolute Gasteiger partial charge is 0.493 e. The SMILES string of the molecule is CC#CCN1c2c(nc(Sc3nccn3C)n(C)c2=O)N(OC(=O)C(F)(F)F)C1N1CCNCC1. The Balaban J connectivity index is 1.86. The zero-order valence-electron chi connectivity index (χ0n) is 19.2. The van der Waals surface area contributed by atoms with Gasteiger partial charge in [0.05, 0.1) is 6.54 Å². The van der Waals surface area contributed by atoms with Gasteiger partial charge in [0.1, 0.15) is 0 Å². The van der Waals surface area contributed by atoms with E-state index in [-0.39, 0.29) is 23.2 Å². The lowest BCUT2D eigenvalue weighted by atomic mass is 10.3. The third-order valence-electron chi connectivity index (χ3n) is 5.47. The van der Waals surface area contributed by atoms with E-state index < -0.39 is 24.0 Å². The third kappa shape index (κ3) is 4.81. The predicted molar refractivity (Wildman–Crippen MR) is 120 cm³/mol. The number of hydrogen-bond donors (Lipinski definition) is 1. The number of carbonyl (C=O) groups is 1. The third-order valence-corrected chi connectivity index (χ3v) is 6.59. The fraction of sp³-hybridized carbons (Fsp3) is 0.500. The van der Waals surface area contributed by atoms with Crippen LogP contribution in [0.25, 0.3) is 0 Å². The van der Waals surface area contributed by atoms with Crippen molar-refractivity contribution in [1.82, 2.24) is 29.3 Å². The van der Waals surface area contributed by atoms with Crippen LogP contribution in [0.4, 0.5) is 24.7 Å². The number of fused-ring (bicyclic) bond motifs is 1. The Labute approximate surface area is 202 Å². The van der Waals surface area contributed by atoms with Crippen LogP contribution in [0.3, 0.4) is 0 Å². The van der Waals surface area contributed by atoms with Gasteiger partial charge in [-0.1, -0.05) is 5.92 Å². The number of halogens is 3. The summed E-state index contributed by atoms with van der Waals surface area (Å²) in [4.78, 5) is 42.3. The summed E-state index contributed by atoms with van der Waals surface area (Å²) in [5.41, 5.74) is -0.520. The standard InChI is InChI=1S/C20H23F3N8O3S/c1-4-5-9-30-13-14(26-18(28(3)15(13)32)35-17-25-8-10-27(17)2)31(34-16(33)20(21,22)23)19(30)29-11-6-24-7-12-29/h8,10,19,24H,6-7,9,11-12H2,1-3H3. The summed E-state index contributed by atoms with van der Waals surface area (Å²) in [5.74, 6) is 3.00. The van der Waals surface area contributed by atoms with Gasteiger partial charge in [-0.05, 0) is 18.7 Å². The van der Waals surface area contributed by atoms with Gasteiger partial charge < -0.3 is 19.6 Å². The number of imidazole rings is 1. The summed E-state index contributed by atoms with van der Waals surface area (Å²) in [5, 5.41) is 4.62. The van der Waals surface area contributed by atoms with Crippen LogP contribution < -0.4 is 20.8 Å². The van der Waals surface area contributed by atoms with E-state index in [1.807, 2.05) is 4.90 Å². The molecule has 0 radical (unpaired) electrons. The van der Waals surface area contributed by atoms with Gasteiger partial charge in [0, 0.05) is 52.7 Å². The van der Waals surface area contributed by atoms with Gasteiger partial charge in [-0.3, -0.25) is 14.3 Å². The Bertz CT molecular complexity index is 1230. The van der Waals surface area contributed by atoms with Crippen LogP contribution in [0, 0.1) is 11.8 Å². The van der Waals surface area contributed by atoms with Crippen molar-refractivity contribution in [2.45, 2.75) is 29.7 Å². The van der Waals surface area contributed by atoms with E-state index in [0.29, 0.717) is 31.3 Å². The van der Waals surface area contributed by atoms with Gasteiger partial charge in [-0.25, -0.2) is 14.8 Å². The number of nitrogens with zero attached hydrogens (tertiary/aromatic N) is 7. The number of nitrogens with one attached hydrogen (secondary N) is 1. The molecular weight excluding hydrogens is 489 g/mol. The lowest BCUT2D eigenvalue weighted by Crippen LogP contribution is -2.61. The first-order valence-electron chi connectivity index (χ1n) is 10.6. The summed E-state index contributed by atoms with van der Waals surface area (Å²) < 4.78 is 42.6. The van der Waals surface area contributed by atoms with E-state index in [0.717, 1.165) is 16.8 Å². The molecule has 35 heavy (non-hydrogen) atoms. The summed E-state index contributed by atoms with van der Waals surface area (Å²) in [7, 11) is 3.26. The number of carbonyl (C=O) groups excluding carboxylic acids is 1. The first kappa shape index (κ1) is 24.9. The fourth-order valence-electron chi connectivity index (χ4n) is 3.75. The Morgan fingerprint density at radius 2 is 2.00 bits per heavy atom. The molecule has 1 fully saturated rings. The van der Waals surface area contributed by atoms with E-state index in [9.17, 15) is 22.8 Å². The molecule has 188 valence electrons. The van der Waals surface area contributed by atoms with Gasteiger partial charge in [0.2, 0.25) is 0 Å². The molecule has 0 saturated carbocycles. The van der Waals surface area contributed by atoms with Crippen molar-refractivity contribution >= 4 is 29.2 Å². The smallest absolute Gasteiger partial charge is 0.329 e. The van der Waals surface area contributed by atoms with E-state index in [1.54, 1.807) is 30.9 Å². The summed E-state index contributed by atoms with van der Waals surface area (Å²) >= 11 is 1.05. The second kappa shape index (κ2) is 9.80. The molecule has 1 unspecified atom stereocenters. The van der Waals surface area contributed by atoms with Gasteiger partial charge in [0.15, 0.2) is 28.1 Å². The molecule has 1 saturated heterocycles. The molecule has 1 atom stereocenters. The van der Waals surface area contributed by atoms with Crippen LogP contribution in [-0.4, -0.2) is 75.2 Å². The van der Waals surface area contributed by atoms with Gasteiger partial charge in [-0.15, -0.1) is 11.0 Å². The van der Waals surface area contributed by atoms with Crippen molar-refractivity contribution in [3.8, 4) is 11.8 Å². The molecular formula is C20H23F3N8O3S. The molecule has 0 aromatic carbocycles. The number of alkyl halides is 3. The predicted octanol–water partition coefficient (Wildman–Crippen LogP) is 0.524. The number of anilines is 2. The highest BCUT2D eigenvalue weighted by atomic mass is 32.2. The first-order chi connectivity index (χ1) is 16.6. The van der Waals surface area contributed by atoms with Crippen molar-refractivity contribution in [1.29, 1.82) is 0 Å². The van der Waals surface area contributed by atoms with Crippen molar-refractivity contribution in [2.24, 2.45) is 14.1 Å². The lowest BCUT2D eigenvalue weighted by Gasteiger charge is -2.40. The van der Waals surface area contributed by atoms with E-state index >= 15 is 0 Å². The zero-order chi connectivity index (χ0) is 25.3. The number of piperazine rings is 1. The van der Waals surface area contributed by atoms with Crippen molar-refractivity contribution in [3.05, 3.63) is 22.7 Å². The molecule has 2 aromatic rings. The normalized spacial score (nSPS) is 18.3. The maximum atomic E-state index is 13.5. The van der Waals surface area contributed by atoms with Crippen LogP contribution in [0.5, 0.6) is 0 Å². The zero-order valence-corrected chi connectivity index (χ0v) is 20.0. The molecule has 2 aliphatic heterocycles. The van der Waals surface area contributed by atoms with Crippen LogP contribution in [0.15, 0.2) is 27.5 Å². The second-order valence-electron chi connectivity index (χ2n) is 7.74.